The van der Waals surface area contributed by atoms with Crippen molar-refractivity contribution in [1.82, 2.24) is 0 Å². The Balaban J connectivity index is 3.64. The second-order valence-electron chi connectivity index (χ2n) is 3.61. The van der Waals surface area contributed by atoms with Crippen LogP contribution in [0, 0.1) is 0 Å². The van der Waals surface area contributed by atoms with Gasteiger partial charge in [-0.15, -0.1) is 0 Å². The van der Waals surface area contributed by atoms with Crippen molar-refractivity contribution in [3.8, 4) is 0 Å². The van der Waals surface area contributed by atoms with E-state index in [1.807, 2.05) is 0 Å². The number of hydrogen-bond donors (Lipinski definition) is 0. The van der Waals surface area contributed by atoms with Crippen molar-refractivity contribution in [2.24, 2.45) is 0 Å². The number of rotatable bonds is 5. The minimum atomic E-state index is -1.36. The Hall–Kier alpha value is 0.657. The van der Waals surface area contributed by atoms with E-state index in [1.165, 1.54) is 12.8 Å². The molecule has 3 heteroatoms. The van der Waals surface area contributed by atoms with Crippen LogP contribution < -0.4 is 0 Å². The molecule has 0 aromatic heterocycles. The van der Waals surface area contributed by atoms with Gasteiger partial charge in [-0.3, -0.25) is 0 Å². The molecule has 0 aliphatic rings. The van der Waals surface area contributed by atoms with Crippen LogP contribution >= 0.6 is 15.9 Å². The largest absolute Gasteiger partial charge is 0.414 e. The van der Waals surface area contributed by atoms with Crippen molar-refractivity contribution in [1.29, 1.82) is 0 Å². The lowest BCUT2D eigenvalue weighted by molar-refractivity contribution is 0.202. The highest BCUT2D eigenvalue weighted by Gasteiger charge is 2.22. The summed E-state index contributed by atoms with van der Waals surface area (Å²) in [6.07, 6.45) is 2.84. The first-order chi connectivity index (χ1) is 5.02. The van der Waals surface area contributed by atoms with Crippen LogP contribution in [0.15, 0.2) is 0 Å². The molecular formula is C8H19BrOSi. The molecule has 0 heterocycles. The minimum Gasteiger partial charge on any atom is -0.414 e. The molecule has 0 aromatic carbocycles. The van der Waals surface area contributed by atoms with Crippen LogP contribution in [0.4, 0.5) is 0 Å². The van der Waals surface area contributed by atoms with E-state index in [1.54, 1.807) is 0 Å². The summed E-state index contributed by atoms with van der Waals surface area (Å²) in [5, 5.41) is 0. The van der Waals surface area contributed by atoms with Gasteiger partial charge in [-0.1, -0.05) is 29.3 Å². The average Bonchev–Trinajstić information content (AvgIpc) is 1.87. The third kappa shape index (κ3) is 5.88. The third-order valence-corrected chi connectivity index (χ3v) is 7.27. The van der Waals surface area contributed by atoms with Gasteiger partial charge in [0.05, 0.1) is 0 Å². The highest BCUT2D eigenvalue weighted by molar-refractivity contribution is 9.09. The standard InChI is InChI=1S/C8H19BrOSi/c1-5-6-8(2)10-11(3,4)7-9/h8H,5-7H2,1-4H3. The maximum absolute atomic E-state index is 5.92. The van der Waals surface area contributed by atoms with Gasteiger partial charge < -0.3 is 4.43 Å². The predicted octanol–water partition coefficient (Wildman–Crippen LogP) is 3.33. The van der Waals surface area contributed by atoms with Crippen LogP contribution in [-0.2, 0) is 4.43 Å². The molecular weight excluding hydrogens is 220 g/mol. The van der Waals surface area contributed by atoms with Gasteiger partial charge in [0.1, 0.15) is 0 Å². The molecule has 1 atom stereocenters. The predicted molar refractivity (Wildman–Crippen MR) is 56.7 cm³/mol. The van der Waals surface area contributed by atoms with Crippen LogP contribution in [-0.4, -0.2) is 19.4 Å². The molecule has 0 rings (SSSR count). The molecule has 1 nitrogen and oxygen atoms in total. The van der Waals surface area contributed by atoms with E-state index in [0.717, 1.165) is 4.95 Å². The Bertz CT molecular complexity index is 106. The van der Waals surface area contributed by atoms with Crippen molar-refractivity contribution < 1.29 is 4.43 Å². The SMILES string of the molecule is CCCC(C)O[Si](C)(C)CBr. The van der Waals surface area contributed by atoms with E-state index in [9.17, 15) is 0 Å². The first-order valence-electron chi connectivity index (χ1n) is 4.25. The van der Waals surface area contributed by atoms with Gasteiger partial charge in [-0.05, 0) is 26.4 Å². The van der Waals surface area contributed by atoms with Gasteiger partial charge in [0.25, 0.3) is 0 Å². The Labute approximate surface area is 79.8 Å². The number of alkyl halides is 1. The van der Waals surface area contributed by atoms with Crippen LogP contribution in [0.3, 0.4) is 0 Å². The molecule has 0 N–H and O–H groups in total. The summed E-state index contributed by atoms with van der Waals surface area (Å²) in [6.45, 7) is 8.85. The van der Waals surface area contributed by atoms with Gasteiger partial charge in [0.2, 0.25) is 0 Å². The van der Waals surface area contributed by atoms with E-state index in [2.05, 4.69) is 42.9 Å². The van der Waals surface area contributed by atoms with E-state index < -0.39 is 8.32 Å². The summed E-state index contributed by atoms with van der Waals surface area (Å²) in [6, 6.07) is 0. The van der Waals surface area contributed by atoms with Crippen molar-refractivity contribution in [2.45, 2.75) is 45.9 Å². The second-order valence-corrected chi connectivity index (χ2v) is 9.32. The highest BCUT2D eigenvalue weighted by atomic mass is 79.9. The molecule has 0 fully saturated rings. The van der Waals surface area contributed by atoms with Crippen LogP contribution in [0.2, 0.25) is 13.1 Å². The fourth-order valence-electron chi connectivity index (χ4n) is 1.04. The molecule has 1 unspecified atom stereocenters. The molecule has 0 saturated heterocycles. The zero-order valence-electron chi connectivity index (χ0n) is 7.98. The van der Waals surface area contributed by atoms with E-state index >= 15 is 0 Å². The Morgan fingerprint density at radius 3 is 2.36 bits per heavy atom. The van der Waals surface area contributed by atoms with Crippen molar-refractivity contribution in [2.75, 3.05) is 4.95 Å². The number of halogens is 1. The molecule has 68 valence electrons. The maximum atomic E-state index is 5.92. The smallest absolute Gasteiger partial charge is 0.197 e. The van der Waals surface area contributed by atoms with Gasteiger partial charge in [-0.2, -0.15) is 0 Å². The minimum absolute atomic E-state index is 0.444. The fraction of sp³-hybridized carbons (Fsp3) is 1.00. The average molecular weight is 239 g/mol. The lowest BCUT2D eigenvalue weighted by Gasteiger charge is -2.25. The zero-order valence-corrected chi connectivity index (χ0v) is 10.6. The van der Waals surface area contributed by atoms with Crippen molar-refractivity contribution in [3.63, 3.8) is 0 Å². The van der Waals surface area contributed by atoms with E-state index in [-0.39, 0.29) is 0 Å². The molecule has 0 aromatic rings. The Morgan fingerprint density at radius 1 is 1.45 bits per heavy atom. The summed E-state index contributed by atoms with van der Waals surface area (Å²) in [7, 11) is -1.36. The van der Waals surface area contributed by atoms with Crippen molar-refractivity contribution in [3.05, 3.63) is 0 Å². The molecule has 0 aliphatic carbocycles. The maximum Gasteiger partial charge on any atom is 0.197 e. The van der Waals surface area contributed by atoms with Gasteiger partial charge >= 0.3 is 0 Å². The molecule has 0 saturated carbocycles. The lowest BCUT2D eigenvalue weighted by atomic mass is 10.2. The summed E-state index contributed by atoms with van der Waals surface area (Å²) in [5.41, 5.74) is 0. The molecule has 0 bridgehead atoms. The quantitative estimate of drug-likeness (QED) is 0.528. The summed E-state index contributed by atoms with van der Waals surface area (Å²) in [4.78, 5) is 1.04. The van der Waals surface area contributed by atoms with Crippen LogP contribution in [0.25, 0.3) is 0 Å². The fourth-order valence-corrected chi connectivity index (χ4v) is 2.71. The molecule has 0 aliphatic heterocycles. The number of hydrogen-bond acceptors (Lipinski definition) is 1. The van der Waals surface area contributed by atoms with Gasteiger partial charge in [0, 0.05) is 11.1 Å². The molecule has 0 radical (unpaired) electrons. The topological polar surface area (TPSA) is 9.23 Å². The zero-order chi connectivity index (χ0) is 8.91. The first kappa shape index (κ1) is 11.7. The Kier molecular flexibility index (Phi) is 5.65. The van der Waals surface area contributed by atoms with Crippen LogP contribution in [0.1, 0.15) is 26.7 Å². The normalized spacial score (nSPS) is 15.0. The first-order valence-corrected chi connectivity index (χ1v) is 8.49. The monoisotopic (exact) mass is 238 g/mol. The molecule has 11 heavy (non-hydrogen) atoms. The summed E-state index contributed by atoms with van der Waals surface area (Å²) >= 11 is 3.49. The summed E-state index contributed by atoms with van der Waals surface area (Å²) < 4.78 is 5.92. The van der Waals surface area contributed by atoms with Gasteiger partial charge in [0.15, 0.2) is 8.32 Å². The van der Waals surface area contributed by atoms with Crippen molar-refractivity contribution >= 4 is 24.2 Å². The van der Waals surface area contributed by atoms with Gasteiger partial charge in [-0.25, -0.2) is 0 Å². The van der Waals surface area contributed by atoms with Crippen LogP contribution in [0.5, 0.6) is 0 Å². The lowest BCUT2D eigenvalue weighted by Crippen LogP contribution is -2.36. The Morgan fingerprint density at radius 2 is 2.00 bits per heavy atom. The second kappa shape index (κ2) is 5.33. The molecule has 0 spiro atoms. The summed E-state index contributed by atoms with van der Waals surface area (Å²) in [5.74, 6) is 0. The molecule has 0 amide bonds. The third-order valence-electron chi connectivity index (χ3n) is 1.54. The van der Waals surface area contributed by atoms with E-state index in [4.69, 9.17) is 4.43 Å². The van der Waals surface area contributed by atoms with E-state index in [0.29, 0.717) is 6.10 Å². The highest BCUT2D eigenvalue weighted by Crippen LogP contribution is 2.13.